The summed E-state index contributed by atoms with van der Waals surface area (Å²) in [6.45, 7) is 14.8. The van der Waals surface area contributed by atoms with E-state index < -0.39 is 5.41 Å². The summed E-state index contributed by atoms with van der Waals surface area (Å²) >= 11 is 0. The van der Waals surface area contributed by atoms with Crippen LogP contribution in [0.5, 0.6) is 0 Å². The van der Waals surface area contributed by atoms with E-state index >= 15 is 0 Å². The highest BCUT2D eigenvalue weighted by Crippen LogP contribution is 2.62. The number of fused-ring (bicyclic) bond motifs is 13. The normalized spacial score (nSPS) is 19.4. The van der Waals surface area contributed by atoms with Crippen molar-refractivity contribution in [2.75, 3.05) is 0 Å². The third-order valence-electron chi connectivity index (χ3n) is 18.5. The van der Waals surface area contributed by atoms with Crippen LogP contribution >= 0.6 is 0 Å². The Morgan fingerprint density at radius 3 is 1.77 bits per heavy atom. The predicted octanol–water partition coefficient (Wildman–Crippen LogP) is 13.7. The smallest absolute Gasteiger partial charge is 0.253 e. The fraction of sp³-hybridized carbons (Fsp3) is 0.311. The second kappa shape index (κ2) is 11.9. The van der Waals surface area contributed by atoms with Crippen molar-refractivity contribution in [1.82, 2.24) is 9.13 Å². The van der Waals surface area contributed by atoms with Gasteiger partial charge in [-0.05, 0) is 189 Å². The second-order valence-electron chi connectivity index (χ2n) is 22.8. The van der Waals surface area contributed by atoms with E-state index in [0.717, 1.165) is 0 Å². The van der Waals surface area contributed by atoms with Gasteiger partial charge in [-0.15, -0.1) is 0 Å². The van der Waals surface area contributed by atoms with E-state index in [1.807, 2.05) is 0 Å². The standard InChI is InChI=1S/C61H55BN2/c1-34-35(2)63-52-20-19-49-58-54(52)62(53-41-14-8-7-13-38(41)29-44(34)57(53)63)51-33-40(37-23-27-60(5,6)28-24-37)31-46-45-30-39(36-21-25-59(3,4)26-22-36)32-50(55(45)64(58)56(46)51)61(49)47-17-11-9-15-42(47)43-16-10-12-18-48(43)61/h7-20,29-33,36-37H,21-28H2,1-6H3. The van der Waals surface area contributed by atoms with Crippen LogP contribution < -0.4 is 16.4 Å². The van der Waals surface area contributed by atoms with Crippen molar-refractivity contribution in [3.63, 3.8) is 0 Å². The van der Waals surface area contributed by atoms with E-state index in [1.165, 1.54) is 167 Å². The summed E-state index contributed by atoms with van der Waals surface area (Å²) in [6, 6.07) is 46.9. The van der Waals surface area contributed by atoms with E-state index in [2.05, 4.69) is 166 Å². The summed E-state index contributed by atoms with van der Waals surface area (Å²) in [5, 5.41) is 7.11. The molecule has 6 aliphatic rings. The second-order valence-corrected chi connectivity index (χ2v) is 22.8. The molecule has 3 aliphatic heterocycles. The zero-order valence-corrected chi connectivity index (χ0v) is 38.3. The highest BCUT2D eigenvalue weighted by Gasteiger charge is 2.55. The van der Waals surface area contributed by atoms with Crippen LogP contribution in [0, 0.1) is 24.7 Å². The van der Waals surface area contributed by atoms with Gasteiger partial charge >= 0.3 is 0 Å². The Balaban J connectivity index is 1.16. The number of hydrogen-bond donors (Lipinski definition) is 0. The van der Waals surface area contributed by atoms with Crippen LogP contribution in [-0.2, 0) is 5.41 Å². The molecule has 64 heavy (non-hydrogen) atoms. The summed E-state index contributed by atoms with van der Waals surface area (Å²) < 4.78 is 5.52. The lowest BCUT2D eigenvalue weighted by molar-refractivity contribution is 0.224. The van der Waals surface area contributed by atoms with Gasteiger partial charge in [-0.1, -0.05) is 119 Å². The highest BCUT2D eigenvalue weighted by molar-refractivity contribution is 7.01. The molecule has 0 N–H and O–H groups in total. The van der Waals surface area contributed by atoms with Gasteiger partial charge in [-0.25, -0.2) is 0 Å². The molecule has 15 rings (SSSR count). The van der Waals surface area contributed by atoms with E-state index in [4.69, 9.17) is 0 Å². The Morgan fingerprint density at radius 1 is 0.500 bits per heavy atom. The molecule has 1 spiro atoms. The number of aryl methyl sites for hydroxylation is 1. The molecule has 2 nitrogen and oxygen atoms in total. The zero-order chi connectivity index (χ0) is 42.8. The molecular weight excluding hydrogens is 771 g/mol. The maximum atomic E-state index is 2.84. The minimum Gasteiger partial charge on any atom is -0.315 e. The van der Waals surface area contributed by atoms with Crippen LogP contribution in [0.2, 0.25) is 0 Å². The largest absolute Gasteiger partial charge is 0.315 e. The molecule has 3 aliphatic carbocycles. The first-order chi connectivity index (χ1) is 31.0. The van der Waals surface area contributed by atoms with Gasteiger partial charge in [0.15, 0.2) is 0 Å². The maximum absolute atomic E-state index is 2.84. The van der Waals surface area contributed by atoms with Gasteiger partial charge in [0.05, 0.1) is 10.9 Å². The molecule has 7 aromatic carbocycles. The van der Waals surface area contributed by atoms with Gasteiger partial charge in [0.2, 0.25) is 0 Å². The topological polar surface area (TPSA) is 9.86 Å². The van der Waals surface area contributed by atoms with Gasteiger partial charge in [-0.3, -0.25) is 0 Å². The lowest BCUT2D eigenvalue weighted by atomic mass is 9.33. The first-order valence-electron chi connectivity index (χ1n) is 24.6. The van der Waals surface area contributed by atoms with Crippen LogP contribution in [-0.4, -0.2) is 15.8 Å². The van der Waals surface area contributed by atoms with Gasteiger partial charge in [0.1, 0.15) is 0 Å². The highest BCUT2D eigenvalue weighted by atomic mass is 15.1. The molecule has 0 amide bonds. The molecule has 5 heterocycles. The first-order valence-corrected chi connectivity index (χ1v) is 24.6. The lowest BCUT2D eigenvalue weighted by Gasteiger charge is -2.44. The van der Waals surface area contributed by atoms with Crippen LogP contribution in [0.15, 0.2) is 115 Å². The number of aromatic nitrogens is 2. The minimum atomic E-state index is -0.458. The third-order valence-corrected chi connectivity index (χ3v) is 18.5. The number of hydrogen-bond acceptors (Lipinski definition) is 0. The average Bonchev–Trinajstić information content (AvgIpc) is 3.89. The first kappa shape index (κ1) is 36.5. The van der Waals surface area contributed by atoms with Gasteiger partial charge in [-0.2, -0.15) is 0 Å². The van der Waals surface area contributed by atoms with Crippen LogP contribution in [0.1, 0.15) is 136 Å². The van der Waals surface area contributed by atoms with Crippen molar-refractivity contribution in [3.8, 4) is 22.5 Å². The summed E-state index contributed by atoms with van der Waals surface area (Å²) in [4.78, 5) is 0. The maximum Gasteiger partial charge on any atom is 0.253 e. The molecule has 0 atom stereocenters. The summed E-state index contributed by atoms with van der Waals surface area (Å²) in [5.74, 6) is 1.12. The summed E-state index contributed by atoms with van der Waals surface area (Å²) in [6.07, 6.45) is 10.2. The molecule has 0 radical (unpaired) electrons. The monoisotopic (exact) mass is 826 g/mol. The fourth-order valence-corrected chi connectivity index (χ4v) is 15.1. The average molecular weight is 827 g/mol. The molecule has 0 saturated heterocycles. The number of nitrogens with zero attached hydrogens (tertiary/aromatic N) is 2. The fourth-order valence-electron chi connectivity index (χ4n) is 15.1. The molecule has 2 saturated carbocycles. The Morgan fingerprint density at radius 2 is 1.09 bits per heavy atom. The molecule has 2 aromatic heterocycles. The zero-order valence-electron chi connectivity index (χ0n) is 38.3. The Bertz CT molecular complexity index is 3560. The third kappa shape index (κ3) is 4.27. The van der Waals surface area contributed by atoms with Crippen molar-refractivity contribution in [1.29, 1.82) is 0 Å². The lowest BCUT2D eigenvalue weighted by Crippen LogP contribution is -2.61. The van der Waals surface area contributed by atoms with Crippen LogP contribution in [0.4, 0.5) is 0 Å². The van der Waals surface area contributed by atoms with Gasteiger partial charge in [0, 0.05) is 44.3 Å². The van der Waals surface area contributed by atoms with E-state index in [0.29, 0.717) is 22.7 Å². The molecule has 0 unspecified atom stereocenters. The molecule has 312 valence electrons. The van der Waals surface area contributed by atoms with Gasteiger partial charge in [0.25, 0.3) is 6.71 Å². The van der Waals surface area contributed by atoms with E-state index in [9.17, 15) is 0 Å². The Kier molecular flexibility index (Phi) is 6.80. The number of benzene rings is 7. The molecule has 9 aromatic rings. The number of rotatable bonds is 2. The quantitative estimate of drug-likeness (QED) is 0.154. The van der Waals surface area contributed by atoms with Crippen molar-refractivity contribution >= 4 is 66.6 Å². The Labute approximate surface area is 377 Å². The summed E-state index contributed by atoms with van der Waals surface area (Å²) in [7, 11) is 0. The van der Waals surface area contributed by atoms with E-state index in [1.54, 1.807) is 11.1 Å². The molecule has 3 heteroatoms. The predicted molar refractivity (Wildman–Crippen MR) is 270 cm³/mol. The Hall–Kier alpha value is -5.80. The van der Waals surface area contributed by atoms with Gasteiger partial charge < -0.3 is 9.13 Å². The molecular formula is C61H55BN2. The van der Waals surface area contributed by atoms with Crippen molar-refractivity contribution in [2.24, 2.45) is 10.8 Å². The summed E-state index contributed by atoms with van der Waals surface area (Å²) in [5.41, 5.74) is 26.5. The van der Waals surface area contributed by atoms with Crippen molar-refractivity contribution in [3.05, 3.63) is 160 Å². The van der Waals surface area contributed by atoms with Crippen LogP contribution in [0.3, 0.4) is 0 Å². The molecule has 0 bridgehead atoms. The molecule has 2 fully saturated rings. The van der Waals surface area contributed by atoms with E-state index in [-0.39, 0.29) is 6.71 Å². The van der Waals surface area contributed by atoms with Crippen LogP contribution in [0.25, 0.3) is 66.0 Å². The SMILES string of the molecule is Cc1c(C)n2c3c(c4ccccc4cc13)B1c3c-2ccc2c3-n3c4c1cc(C1CCC(C)(C)CC1)cc4c1cc(C4CCC(C)(C)CC4)cc(c13)C21c2ccccc2-c2ccccc21. The van der Waals surface area contributed by atoms with Crippen molar-refractivity contribution in [2.45, 2.75) is 110 Å². The minimum absolute atomic E-state index is 0.101. The van der Waals surface area contributed by atoms with Crippen molar-refractivity contribution < 1.29 is 0 Å².